The van der Waals surface area contributed by atoms with E-state index < -0.39 is 0 Å². The number of hydrogen-bond acceptors (Lipinski definition) is 2. The molecule has 0 aliphatic carbocycles. The van der Waals surface area contributed by atoms with Gasteiger partial charge in [-0.25, -0.2) is 0 Å². The minimum atomic E-state index is 0.660. The van der Waals surface area contributed by atoms with Crippen LogP contribution in [0, 0.1) is 0 Å². The molecule has 0 heterocycles. The van der Waals surface area contributed by atoms with Crippen molar-refractivity contribution in [1.29, 1.82) is 0 Å². The zero-order chi connectivity index (χ0) is 11.3. The van der Waals surface area contributed by atoms with Crippen molar-refractivity contribution in [1.82, 2.24) is 0 Å². The van der Waals surface area contributed by atoms with Crippen molar-refractivity contribution in [2.75, 3.05) is 20.1 Å². The third-order valence-electron chi connectivity index (χ3n) is 2.15. The Kier molecular flexibility index (Phi) is 5.26. The summed E-state index contributed by atoms with van der Waals surface area (Å²) in [6.45, 7) is 0. The topological polar surface area (TPSA) is 18.5 Å². The SMILES string of the molecule is COc1ccc(CCCCl)c(OC)c1Br. The summed E-state index contributed by atoms with van der Waals surface area (Å²) in [6, 6.07) is 3.94. The van der Waals surface area contributed by atoms with Crippen molar-refractivity contribution < 1.29 is 9.47 Å². The molecule has 0 aliphatic rings. The van der Waals surface area contributed by atoms with Gasteiger partial charge in [-0.15, -0.1) is 11.6 Å². The third kappa shape index (κ3) is 3.02. The average Bonchev–Trinajstić information content (AvgIpc) is 2.26. The summed E-state index contributed by atoms with van der Waals surface area (Å²) in [5, 5.41) is 0. The van der Waals surface area contributed by atoms with Crippen LogP contribution in [-0.2, 0) is 6.42 Å². The molecule has 1 aromatic carbocycles. The molecule has 15 heavy (non-hydrogen) atoms. The van der Waals surface area contributed by atoms with Crippen LogP contribution in [0.2, 0.25) is 0 Å². The van der Waals surface area contributed by atoms with Gasteiger partial charge in [0.2, 0.25) is 0 Å². The summed E-state index contributed by atoms with van der Waals surface area (Å²) >= 11 is 9.13. The summed E-state index contributed by atoms with van der Waals surface area (Å²) in [5.74, 6) is 2.27. The molecule has 2 nitrogen and oxygen atoms in total. The van der Waals surface area contributed by atoms with Gasteiger partial charge in [0.05, 0.1) is 14.2 Å². The lowest BCUT2D eigenvalue weighted by Gasteiger charge is -2.12. The van der Waals surface area contributed by atoms with Gasteiger partial charge < -0.3 is 9.47 Å². The molecule has 0 saturated heterocycles. The average molecular weight is 294 g/mol. The molecule has 0 radical (unpaired) electrons. The van der Waals surface area contributed by atoms with Crippen LogP contribution in [0.1, 0.15) is 12.0 Å². The van der Waals surface area contributed by atoms with E-state index in [2.05, 4.69) is 15.9 Å². The zero-order valence-electron chi connectivity index (χ0n) is 8.85. The van der Waals surface area contributed by atoms with E-state index in [1.54, 1.807) is 14.2 Å². The lowest BCUT2D eigenvalue weighted by molar-refractivity contribution is 0.386. The first-order valence-electron chi connectivity index (χ1n) is 4.70. The quantitative estimate of drug-likeness (QED) is 0.772. The molecular weight excluding hydrogens is 279 g/mol. The summed E-state index contributed by atoms with van der Waals surface area (Å²) in [7, 11) is 3.29. The summed E-state index contributed by atoms with van der Waals surface area (Å²) < 4.78 is 11.4. The van der Waals surface area contributed by atoms with Crippen molar-refractivity contribution >= 4 is 27.5 Å². The van der Waals surface area contributed by atoms with Crippen molar-refractivity contribution in [3.63, 3.8) is 0 Å². The van der Waals surface area contributed by atoms with E-state index in [1.807, 2.05) is 12.1 Å². The molecule has 84 valence electrons. The molecule has 0 aliphatic heterocycles. The molecule has 0 fully saturated rings. The fourth-order valence-corrected chi connectivity index (χ4v) is 2.25. The lowest BCUT2D eigenvalue weighted by atomic mass is 10.1. The fourth-order valence-electron chi connectivity index (χ4n) is 1.41. The summed E-state index contributed by atoms with van der Waals surface area (Å²) in [4.78, 5) is 0. The third-order valence-corrected chi connectivity index (χ3v) is 3.17. The van der Waals surface area contributed by atoms with Gasteiger partial charge in [-0.05, 0) is 40.4 Å². The standard InChI is InChI=1S/C11H14BrClO2/c1-14-9-6-5-8(4-3-7-13)11(15-2)10(9)12/h5-6H,3-4,7H2,1-2H3. The van der Waals surface area contributed by atoms with E-state index in [4.69, 9.17) is 21.1 Å². The molecule has 0 bridgehead atoms. The van der Waals surface area contributed by atoms with Crippen LogP contribution >= 0.6 is 27.5 Å². The van der Waals surface area contributed by atoms with Gasteiger partial charge in [-0.2, -0.15) is 0 Å². The number of methoxy groups -OCH3 is 2. The summed E-state index contributed by atoms with van der Waals surface area (Å²) in [6.07, 6.45) is 1.85. The Labute approximate surface area is 104 Å². The Morgan fingerprint density at radius 3 is 2.53 bits per heavy atom. The highest BCUT2D eigenvalue weighted by atomic mass is 79.9. The molecule has 1 rings (SSSR count). The number of alkyl halides is 1. The first-order valence-corrected chi connectivity index (χ1v) is 6.02. The molecule has 4 heteroatoms. The van der Waals surface area contributed by atoms with Crippen molar-refractivity contribution in [3.05, 3.63) is 22.2 Å². The van der Waals surface area contributed by atoms with E-state index >= 15 is 0 Å². The molecule has 0 unspecified atom stereocenters. The van der Waals surface area contributed by atoms with Crippen LogP contribution in [0.25, 0.3) is 0 Å². The van der Waals surface area contributed by atoms with E-state index in [1.165, 1.54) is 0 Å². The summed E-state index contributed by atoms with van der Waals surface area (Å²) in [5.41, 5.74) is 1.14. The number of ether oxygens (including phenoxy) is 2. The van der Waals surface area contributed by atoms with Crippen molar-refractivity contribution in [2.45, 2.75) is 12.8 Å². The number of rotatable bonds is 5. The van der Waals surface area contributed by atoms with Gasteiger partial charge in [-0.3, -0.25) is 0 Å². The Balaban J connectivity index is 3.01. The molecule has 0 saturated carbocycles. The number of benzene rings is 1. The minimum Gasteiger partial charge on any atom is -0.495 e. The van der Waals surface area contributed by atoms with Crippen LogP contribution < -0.4 is 9.47 Å². The van der Waals surface area contributed by atoms with E-state index in [-0.39, 0.29) is 0 Å². The monoisotopic (exact) mass is 292 g/mol. The molecule has 0 aromatic heterocycles. The van der Waals surface area contributed by atoms with Crippen molar-refractivity contribution in [3.8, 4) is 11.5 Å². The highest BCUT2D eigenvalue weighted by molar-refractivity contribution is 9.10. The van der Waals surface area contributed by atoms with Crippen LogP contribution in [0.4, 0.5) is 0 Å². The smallest absolute Gasteiger partial charge is 0.139 e. The highest BCUT2D eigenvalue weighted by Gasteiger charge is 2.11. The Hall–Kier alpha value is -0.410. The number of hydrogen-bond donors (Lipinski definition) is 0. The maximum Gasteiger partial charge on any atom is 0.139 e. The first-order chi connectivity index (χ1) is 7.24. The maximum absolute atomic E-state index is 5.67. The van der Waals surface area contributed by atoms with Gasteiger partial charge in [-0.1, -0.05) is 6.07 Å². The fraction of sp³-hybridized carbons (Fsp3) is 0.455. The molecule has 0 amide bonds. The van der Waals surface area contributed by atoms with Crippen LogP contribution in [0.5, 0.6) is 11.5 Å². The van der Waals surface area contributed by atoms with Crippen LogP contribution in [0.3, 0.4) is 0 Å². The second-order valence-corrected chi connectivity index (χ2v) is 4.24. The Morgan fingerprint density at radius 1 is 1.27 bits per heavy atom. The van der Waals surface area contributed by atoms with Gasteiger partial charge in [0.15, 0.2) is 0 Å². The zero-order valence-corrected chi connectivity index (χ0v) is 11.2. The van der Waals surface area contributed by atoms with Crippen LogP contribution in [-0.4, -0.2) is 20.1 Å². The predicted octanol–water partition coefficient (Wildman–Crippen LogP) is 3.64. The van der Waals surface area contributed by atoms with Gasteiger partial charge in [0.25, 0.3) is 0 Å². The number of aryl methyl sites for hydroxylation is 1. The van der Waals surface area contributed by atoms with Crippen molar-refractivity contribution in [2.24, 2.45) is 0 Å². The van der Waals surface area contributed by atoms with E-state index in [0.29, 0.717) is 5.88 Å². The molecular formula is C11H14BrClO2. The predicted molar refractivity (Wildman–Crippen MR) is 66.3 cm³/mol. The van der Waals surface area contributed by atoms with Crippen LogP contribution in [0.15, 0.2) is 16.6 Å². The molecule has 0 atom stereocenters. The van der Waals surface area contributed by atoms with Gasteiger partial charge in [0.1, 0.15) is 16.0 Å². The molecule has 0 N–H and O–H groups in total. The lowest BCUT2D eigenvalue weighted by Crippen LogP contribution is -1.96. The largest absolute Gasteiger partial charge is 0.495 e. The second kappa shape index (κ2) is 6.23. The Bertz CT molecular complexity index is 329. The number of halogens is 2. The minimum absolute atomic E-state index is 0.660. The van der Waals surface area contributed by atoms with E-state index in [9.17, 15) is 0 Å². The maximum atomic E-state index is 5.67. The Morgan fingerprint density at radius 2 is 2.00 bits per heavy atom. The van der Waals surface area contributed by atoms with Gasteiger partial charge >= 0.3 is 0 Å². The molecule has 1 aromatic rings. The molecule has 0 spiro atoms. The second-order valence-electron chi connectivity index (χ2n) is 3.07. The highest BCUT2D eigenvalue weighted by Crippen LogP contribution is 2.37. The van der Waals surface area contributed by atoms with E-state index in [0.717, 1.165) is 34.4 Å². The normalized spacial score (nSPS) is 10.1. The first kappa shape index (κ1) is 12.7. The van der Waals surface area contributed by atoms with Gasteiger partial charge in [0, 0.05) is 5.88 Å².